The molecule has 0 saturated carbocycles. The summed E-state index contributed by atoms with van der Waals surface area (Å²) >= 11 is 0. The van der Waals surface area contributed by atoms with E-state index in [1.807, 2.05) is 4.90 Å². The number of aromatic carboxylic acids is 1. The van der Waals surface area contributed by atoms with Crippen molar-refractivity contribution in [2.45, 2.75) is 31.5 Å². The summed E-state index contributed by atoms with van der Waals surface area (Å²) in [5, 5.41) is 11.8. The number of halogens is 3. The highest BCUT2D eigenvalue weighted by molar-refractivity contribution is 5.94. The molecule has 0 bridgehead atoms. The molecule has 1 fully saturated rings. The van der Waals surface area contributed by atoms with Gasteiger partial charge in [0, 0.05) is 31.4 Å². The van der Waals surface area contributed by atoms with Crippen molar-refractivity contribution in [3.8, 4) is 0 Å². The summed E-state index contributed by atoms with van der Waals surface area (Å²) in [5.74, 6) is -1.03. The summed E-state index contributed by atoms with van der Waals surface area (Å²) in [5.41, 5.74) is -1.19. The number of carbonyl (C=O) groups is 1. The van der Waals surface area contributed by atoms with Crippen LogP contribution in [0.25, 0.3) is 10.9 Å². The maximum Gasteiger partial charge on any atom is 0.412 e. The number of benzene rings is 2. The number of nitrogens with one attached hydrogen (secondary N) is 1. The first kappa shape index (κ1) is 22.6. The average Bonchev–Trinajstić information content (AvgIpc) is 2.79. The molecule has 1 atom stereocenters. The Bertz CT molecular complexity index is 1250. The zero-order valence-electron chi connectivity index (χ0n) is 17.9. The first-order valence-electron chi connectivity index (χ1n) is 10.6. The number of carboxylic acid groups (broad SMARTS) is 1. The Morgan fingerprint density at radius 1 is 1.09 bits per heavy atom. The largest absolute Gasteiger partial charge is 0.478 e. The van der Waals surface area contributed by atoms with Crippen LogP contribution in [0.1, 0.15) is 41.2 Å². The van der Waals surface area contributed by atoms with E-state index in [0.29, 0.717) is 19.0 Å². The van der Waals surface area contributed by atoms with Gasteiger partial charge in [0.15, 0.2) is 6.04 Å². The number of alkyl halides is 3. The zero-order valence-corrected chi connectivity index (χ0v) is 17.9. The number of rotatable bonds is 5. The van der Waals surface area contributed by atoms with Crippen LogP contribution < -0.4 is 15.8 Å². The van der Waals surface area contributed by atoms with Gasteiger partial charge >= 0.3 is 12.1 Å². The number of fused-ring (bicyclic) bond motifs is 1. The van der Waals surface area contributed by atoms with E-state index in [2.05, 4.69) is 10.3 Å². The summed E-state index contributed by atoms with van der Waals surface area (Å²) in [7, 11) is 1.56. The minimum Gasteiger partial charge on any atom is -0.478 e. The van der Waals surface area contributed by atoms with E-state index >= 15 is 0 Å². The molecule has 2 heterocycles. The third-order valence-corrected chi connectivity index (χ3v) is 5.85. The summed E-state index contributed by atoms with van der Waals surface area (Å²) in [6.45, 7) is 1.34. The fraction of sp³-hybridized carbons (Fsp3) is 0.348. The molecule has 10 heteroatoms. The number of hydrogen-bond acceptors (Lipinski definition) is 5. The van der Waals surface area contributed by atoms with Crippen molar-refractivity contribution < 1.29 is 23.1 Å². The minimum absolute atomic E-state index is 0.0520. The molecule has 0 amide bonds. The van der Waals surface area contributed by atoms with Crippen molar-refractivity contribution in [2.24, 2.45) is 7.05 Å². The Kier molecular flexibility index (Phi) is 6.01. The highest BCUT2D eigenvalue weighted by Gasteiger charge is 2.42. The summed E-state index contributed by atoms with van der Waals surface area (Å²) in [6.07, 6.45) is -1.91. The van der Waals surface area contributed by atoms with Gasteiger partial charge in [-0.15, -0.1) is 0 Å². The normalized spacial score (nSPS) is 15.5. The molecule has 0 radical (unpaired) electrons. The van der Waals surface area contributed by atoms with Crippen molar-refractivity contribution >= 4 is 28.5 Å². The number of aromatic nitrogens is 2. The van der Waals surface area contributed by atoms with Crippen LogP contribution in [-0.2, 0) is 7.05 Å². The monoisotopic (exact) mass is 460 g/mol. The quantitative estimate of drug-likeness (QED) is 0.589. The molecule has 1 saturated heterocycles. The first-order chi connectivity index (χ1) is 15.7. The highest BCUT2D eigenvalue weighted by atomic mass is 19.4. The molecule has 0 aliphatic carbocycles. The van der Waals surface area contributed by atoms with Gasteiger partial charge in [0.2, 0.25) is 5.95 Å². The van der Waals surface area contributed by atoms with Gasteiger partial charge < -0.3 is 15.3 Å². The molecule has 174 valence electrons. The van der Waals surface area contributed by atoms with Crippen LogP contribution in [0.15, 0.2) is 47.3 Å². The highest BCUT2D eigenvalue weighted by Crippen LogP contribution is 2.39. The molecule has 2 N–H and O–H groups in total. The van der Waals surface area contributed by atoms with E-state index in [4.69, 9.17) is 0 Å². The molecule has 1 aliphatic heterocycles. The van der Waals surface area contributed by atoms with E-state index in [1.165, 1.54) is 47.0 Å². The van der Waals surface area contributed by atoms with Crippen LogP contribution in [-0.4, -0.2) is 39.9 Å². The van der Waals surface area contributed by atoms with Crippen molar-refractivity contribution in [1.29, 1.82) is 0 Å². The number of piperidine rings is 1. The van der Waals surface area contributed by atoms with Gasteiger partial charge in [0.05, 0.1) is 16.5 Å². The third-order valence-electron chi connectivity index (χ3n) is 5.85. The molecule has 1 aliphatic rings. The lowest BCUT2D eigenvalue weighted by atomic mass is 10.0. The van der Waals surface area contributed by atoms with E-state index in [0.717, 1.165) is 19.3 Å². The summed E-state index contributed by atoms with van der Waals surface area (Å²) in [4.78, 5) is 31.0. The van der Waals surface area contributed by atoms with Gasteiger partial charge in [0.1, 0.15) is 0 Å². The lowest BCUT2D eigenvalue weighted by Crippen LogP contribution is -2.36. The predicted molar refractivity (Wildman–Crippen MR) is 119 cm³/mol. The maximum atomic E-state index is 14.3. The molecule has 7 nitrogen and oxygen atoms in total. The van der Waals surface area contributed by atoms with E-state index in [-0.39, 0.29) is 27.7 Å². The molecule has 1 aromatic heterocycles. The van der Waals surface area contributed by atoms with Crippen LogP contribution in [0.4, 0.5) is 24.8 Å². The van der Waals surface area contributed by atoms with Crippen LogP contribution in [0, 0.1) is 0 Å². The van der Waals surface area contributed by atoms with Gasteiger partial charge in [-0.05, 0) is 37.5 Å². The molecule has 0 spiro atoms. The minimum atomic E-state index is -4.78. The SMILES string of the molecule is Cn1c(N2CCCCC2)nc2c([C@H](Nc3ccccc3C(=O)O)C(F)(F)F)cccc2c1=O. The second-order valence-electron chi connectivity index (χ2n) is 8.04. The predicted octanol–water partition coefficient (Wildman–Crippen LogP) is 4.34. The Hall–Kier alpha value is -3.56. The second kappa shape index (κ2) is 8.76. The van der Waals surface area contributed by atoms with Crippen LogP contribution in [0.2, 0.25) is 0 Å². The molecule has 4 rings (SSSR count). The van der Waals surface area contributed by atoms with Crippen LogP contribution in [0.3, 0.4) is 0 Å². The number of carboxylic acids is 1. The van der Waals surface area contributed by atoms with Crippen molar-refractivity contribution in [3.05, 3.63) is 63.9 Å². The summed E-state index contributed by atoms with van der Waals surface area (Å²) < 4.78 is 44.1. The van der Waals surface area contributed by atoms with Crippen LogP contribution >= 0.6 is 0 Å². The van der Waals surface area contributed by atoms with E-state index < -0.39 is 23.7 Å². The smallest absolute Gasteiger partial charge is 0.412 e. The lowest BCUT2D eigenvalue weighted by Gasteiger charge is -2.30. The Morgan fingerprint density at radius 3 is 2.45 bits per heavy atom. The van der Waals surface area contributed by atoms with Crippen molar-refractivity contribution in [3.63, 3.8) is 0 Å². The van der Waals surface area contributed by atoms with Gasteiger partial charge in [-0.3, -0.25) is 9.36 Å². The molecule has 33 heavy (non-hydrogen) atoms. The average molecular weight is 460 g/mol. The second-order valence-corrected chi connectivity index (χ2v) is 8.04. The zero-order chi connectivity index (χ0) is 23.8. The Balaban J connectivity index is 1.89. The van der Waals surface area contributed by atoms with Gasteiger partial charge in [-0.25, -0.2) is 9.78 Å². The van der Waals surface area contributed by atoms with Gasteiger partial charge in [-0.1, -0.05) is 24.3 Å². The van der Waals surface area contributed by atoms with Crippen LogP contribution in [0.5, 0.6) is 0 Å². The number of nitrogens with zero attached hydrogens (tertiary/aromatic N) is 3. The number of hydrogen-bond donors (Lipinski definition) is 2. The fourth-order valence-electron chi connectivity index (χ4n) is 4.20. The molecule has 3 aromatic rings. The molecule has 0 unspecified atom stereocenters. The van der Waals surface area contributed by atoms with Gasteiger partial charge in [0.25, 0.3) is 5.56 Å². The lowest BCUT2D eigenvalue weighted by molar-refractivity contribution is -0.143. The Morgan fingerprint density at radius 2 is 1.79 bits per heavy atom. The van der Waals surface area contributed by atoms with Gasteiger partial charge in [-0.2, -0.15) is 13.2 Å². The third kappa shape index (κ3) is 4.37. The van der Waals surface area contributed by atoms with E-state index in [1.54, 1.807) is 7.05 Å². The van der Waals surface area contributed by atoms with E-state index in [9.17, 15) is 27.9 Å². The number of para-hydroxylation sites is 2. The van der Waals surface area contributed by atoms with Crippen molar-refractivity contribution in [1.82, 2.24) is 9.55 Å². The molecular weight excluding hydrogens is 437 g/mol. The molecular formula is C23H23F3N4O3. The molecule has 2 aromatic carbocycles. The standard InChI is InChI=1S/C23H23F3N4O3/c1-29-20(31)16-10-7-9-15(18(16)28-22(29)30-12-5-2-6-13-30)19(23(24,25)26)27-17-11-4-3-8-14(17)21(32)33/h3-4,7-11,19,27H,2,5-6,12-13H2,1H3,(H,32,33)/t19-/m0/s1. The number of anilines is 2. The van der Waals surface area contributed by atoms with Crippen molar-refractivity contribution in [2.75, 3.05) is 23.3 Å². The summed E-state index contributed by atoms with van der Waals surface area (Å²) in [6, 6.07) is 7.22. The Labute approximate surface area is 187 Å². The topological polar surface area (TPSA) is 87.5 Å². The fourth-order valence-corrected chi connectivity index (χ4v) is 4.20. The first-order valence-corrected chi connectivity index (χ1v) is 10.6. The maximum absolute atomic E-state index is 14.3.